The number of halogens is 1. The van der Waals surface area contributed by atoms with Crippen molar-refractivity contribution in [2.45, 2.75) is 26.4 Å². The van der Waals surface area contributed by atoms with Crippen molar-refractivity contribution in [3.8, 4) is 0 Å². The van der Waals surface area contributed by atoms with Crippen LogP contribution in [-0.4, -0.2) is 32.1 Å². The van der Waals surface area contributed by atoms with Gasteiger partial charge >= 0.3 is 0 Å². The second kappa shape index (κ2) is 5.25. The molecule has 0 fully saturated rings. The van der Waals surface area contributed by atoms with Crippen molar-refractivity contribution >= 4 is 17.5 Å². The van der Waals surface area contributed by atoms with E-state index in [0.717, 1.165) is 23.8 Å². The van der Waals surface area contributed by atoms with Gasteiger partial charge in [0.05, 0.1) is 13.0 Å². The lowest BCUT2D eigenvalue weighted by molar-refractivity contribution is -0.132. The van der Waals surface area contributed by atoms with Crippen molar-refractivity contribution in [1.82, 2.24) is 19.7 Å². The van der Waals surface area contributed by atoms with Crippen LogP contribution in [0.1, 0.15) is 17.2 Å². The molecule has 5 nitrogen and oxygen atoms in total. The second-order valence-corrected chi connectivity index (χ2v) is 5.37. The van der Waals surface area contributed by atoms with Crippen LogP contribution in [0.5, 0.6) is 0 Å². The highest BCUT2D eigenvalue weighted by molar-refractivity contribution is 6.30. The summed E-state index contributed by atoms with van der Waals surface area (Å²) in [6.45, 7) is 3.92. The zero-order valence-electron chi connectivity index (χ0n) is 11.2. The molecule has 0 bridgehead atoms. The van der Waals surface area contributed by atoms with Crippen LogP contribution >= 0.6 is 11.6 Å². The first-order valence-electron chi connectivity index (χ1n) is 6.54. The first-order valence-corrected chi connectivity index (χ1v) is 6.92. The van der Waals surface area contributed by atoms with E-state index in [1.165, 1.54) is 0 Å². The maximum atomic E-state index is 12.3. The minimum Gasteiger partial charge on any atom is -0.333 e. The lowest BCUT2D eigenvalue weighted by atomic mass is 10.1. The molecule has 2 heterocycles. The van der Waals surface area contributed by atoms with E-state index in [1.54, 1.807) is 0 Å². The van der Waals surface area contributed by atoms with E-state index in [2.05, 4.69) is 14.8 Å². The SMILES string of the molecule is Cc1nnc2n1CCN(C(=O)Cc1cccc(Cl)c1)C2. The van der Waals surface area contributed by atoms with E-state index in [-0.39, 0.29) is 5.91 Å². The van der Waals surface area contributed by atoms with Crippen LogP contribution in [-0.2, 0) is 24.3 Å². The van der Waals surface area contributed by atoms with Gasteiger partial charge in [-0.25, -0.2) is 0 Å². The van der Waals surface area contributed by atoms with Crippen LogP contribution in [0.4, 0.5) is 0 Å². The number of hydrogen-bond donors (Lipinski definition) is 0. The molecule has 20 heavy (non-hydrogen) atoms. The number of aromatic nitrogens is 3. The Hall–Kier alpha value is -1.88. The van der Waals surface area contributed by atoms with Crippen LogP contribution in [0.15, 0.2) is 24.3 Å². The molecule has 0 radical (unpaired) electrons. The average Bonchev–Trinajstić information content (AvgIpc) is 2.80. The Morgan fingerprint density at radius 3 is 3.00 bits per heavy atom. The Labute approximate surface area is 122 Å². The molecule has 0 spiro atoms. The summed E-state index contributed by atoms with van der Waals surface area (Å²) in [6, 6.07) is 7.42. The van der Waals surface area contributed by atoms with Gasteiger partial charge in [-0.2, -0.15) is 0 Å². The fourth-order valence-corrected chi connectivity index (χ4v) is 2.66. The van der Waals surface area contributed by atoms with Crippen LogP contribution in [0, 0.1) is 6.92 Å². The summed E-state index contributed by atoms with van der Waals surface area (Å²) >= 11 is 5.94. The fourth-order valence-electron chi connectivity index (χ4n) is 2.45. The molecule has 1 aliphatic heterocycles. The molecule has 1 aliphatic rings. The second-order valence-electron chi connectivity index (χ2n) is 4.94. The van der Waals surface area contributed by atoms with Crippen LogP contribution in [0.3, 0.4) is 0 Å². The molecule has 0 saturated heterocycles. The van der Waals surface area contributed by atoms with Gasteiger partial charge in [0.1, 0.15) is 5.82 Å². The first-order chi connectivity index (χ1) is 9.63. The Bertz CT molecular complexity index is 652. The Balaban J connectivity index is 1.70. The van der Waals surface area contributed by atoms with Crippen molar-refractivity contribution in [2.75, 3.05) is 6.54 Å². The molecule has 0 atom stereocenters. The third-order valence-electron chi connectivity index (χ3n) is 3.54. The standard InChI is InChI=1S/C14H15ClN4O/c1-10-16-17-13-9-18(5-6-19(10)13)14(20)8-11-3-2-4-12(15)7-11/h2-4,7H,5-6,8-9H2,1H3. The van der Waals surface area contributed by atoms with Gasteiger partial charge < -0.3 is 9.47 Å². The number of amides is 1. The number of hydrogen-bond acceptors (Lipinski definition) is 3. The molecule has 0 unspecified atom stereocenters. The normalized spacial score (nSPS) is 14.2. The van der Waals surface area contributed by atoms with Gasteiger partial charge in [-0.3, -0.25) is 4.79 Å². The number of carbonyl (C=O) groups is 1. The fraction of sp³-hybridized carbons (Fsp3) is 0.357. The molecule has 3 rings (SSSR count). The van der Waals surface area contributed by atoms with Gasteiger partial charge in [0.2, 0.25) is 5.91 Å². The van der Waals surface area contributed by atoms with Gasteiger partial charge in [-0.15, -0.1) is 10.2 Å². The number of fused-ring (bicyclic) bond motifs is 1. The highest BCUT2D eigenvalue weighted by Crippen LogP contribution is 2.15. The molecule has 0 aliphatic carbocycles. The van der Waals surface area contributed by atoms with Gasteiger partial charge in [0.15, 0.2) is 5.82 Å². The van der Waals surface area contributed by atoms with E-state index in [9.17, 15) is 4.79 Å². The number of carbonyl (C=O) groups excluding carboxylic acids is 1. The number of rotatable bonds is 2. The van der Waals surface area contributed by atoms with Crippen molar-refractivity contribution in [1.29, 1.82) is 0 Å². The van der Waals surface area contributed by atoms with Crippen LogP contribution < -0.4 is 0 Å². The molecule has 1 aromatic carbocycles. The largest absolute Gasteiger partial charge is 0.333 e. The highest BCUT2D eigenvalue weighted by atomic mass is 35.5. The molecule has 0 N–H and O–H groups in total. The highest BCUT2D eigenvalue weighted by Gasteiger charge is 2.23. The maximum absolute atomic E-state index is 12.3. The molecule has 1 aromatic heterocycles. The summed E-state index contributed by atoms with van der Waals surface area (Å²) in [4.78, 5) is 14.1. The molecule has 104 valence electrons. The van der Waals surface area contributed by atoms with E-state index in [0.29, 0.717) is 24.5 Å². The third kappa shape index (κ3) is 2.54. The predicted molar refractivity (Wildman–Crippen MR) is 75.3 cm³/mol. The molecular weight excluding hydrogens is 276 g/mol. The van der Waals surface area contributed by atoms with Crippen LogP contribution in [0.25, 0.3) is 0 Å². The summed E-state index contributed by atoms with van der Waals surface area (Å²) in [5.74, 6) is 1.86. The van der Waals surface area contributed by atoms with Gasteiger partial charge in [0, 0.05) is 18.1 Å². The predicted octanol–water partition coefficient (Wildman–Crippen LogP) is 1.82. The summed E-state index contributed by atoms with van der Waals surface area (Å²) < 4.78 is 2.06. The van der Waals surface area contributed by atoms with Crippen molar-refractivity contribution in [3.63, 3.8) is 0 Å². The maximum Gasteiger partial charge on any atom is 0.227 e. The quantitative estimate of drug-likeness (QED) is 0.848. The van der Waals surface area contributed by atoms with E-state index < -0.39 is 0 Å². The number of benzene rings is 1. The Morgan fingerprint density at radius 1 is 1.35 bits per heavy atom. The topological polar surface area (TPSA) is 51.0 Å². The molecule has 6 heteroatoms. The van der Waals surface area contributed by atoms with Crippen molar-refractivity contribution in [3.05, 3.63) is 46.5 Å². The summed E-state index contributed by atoms with van der Waals surface area (Å²) in [6.07, 6.45) is 0.369. The monoisotopic (exact) mass is 290 g/mol. The average molecular weight is 291 g/mol. The minimum absolute atomic E-state index is 0.0965. The van der Waals surface area contributed by atoms with Crippen molar-refractivity contribution in [2.24, 2.45) is 0 Å². The lowest BCUT2D eigenvalue weighted by Gasteiger charge is -2.27. The van der Waals surface area contributed by atoms with Gasteiger partial charge in [-0.1, -0.05) is 23.7 Å². The number of nitrogens with zero attached hydrogens (tertiary/aromatic N) is 4. The molecular formula is C14H15ClN4O. The van der Waals surface area contributed by atoms with E-state index in [1.807, 2.05) is 36.1 Å². The molecule has 0 saturated carbocycles. The zero-order valence-corrected chi connectivity index (χ0v) is 12.0. The summed E-state index contributed by atoms with van der Waals surface area (Å²) in [5.41, 5.74) is 0.936. The van der Waals surface area contributed by atoms with E-state index >= 15 is 0 Å². The zero-order chi connectivity index (χ0) is 14.1. The Morgan fingerprint density at radius 2 is 2.20 bits per heavy atom. The molecule has 1 amide bonds. The summed E-state index contributed by atoms with van der Waals surface area (Å²) in [7, 11) is 0. The Kier molecular flexibility index (Phi) is 3.44. The van der Waals surface area contributed by atoms with E-state index in [4.69, 9.17) is 11.6 Å². The summed E-state index contributed by atoms with van der Waals surface area (Å²) in [5, 5.41) is 8.81. The van der Waals surface area contributed by atoms with Crippen molar-refractivity contribution < 1.29 is 4.79 Å². The first kappa shape index (κ1) is 13.1. The molecule has 2 aromatic rings. The van der Waals surface area contributed by atoms with Gasteiger partial charge in [0.25, 0.3) is 0 Å². The smallest absolute Gasteiger partial charge is 0.227 e. The minimum atomic E-state index is 0.0965. The number of aryl methyl sites for hydroxylation is 1. The van der Waals surface area contributed by atoms with Gasteiger partial charge in [-0.05, 0) is 24.6 Å². The lowest BCUT2D eigenvalue weighted by Crippen LogP contribution is -2.39. The third-order valence-corrected chi connectivity index (χ3v) is 3.77. The van der Waals surface area contributed by atoms with Crippen LogP contribution in [0.2, 0.25) is 5.02 Å².